The van der Waals surface area contributed by atoms with E-state index in [1.807, 2.05) is 36.4 Å². The molecule has 6 nitrogen and oxygen atoms in total. The number of aromatic nitrogens is 2. The van der Waals surface area contributed by atoms with Crippen molar-refractivity contribution < 1.29 is 13.9 Å². The molecule has 0 spiro atoms. The van der Waals surface area contributed by atoms with E-state index in [0.29, 0.717) is 30.1 Å². The van der Waals surface area contributed by atoms with Crippen LogP contribution in [0.5, 0.6) is 0 Å². The van der Waals surface area contributed by atoms with Gasteiger partial charge in [0.2, 0.25) is 0 Å². The van der Waals surface area contributed by atoms with Crippen LogP contribution in [0.25, 0.3) is 33.2 Å². The molecule has 0 saturated heterocycles. The molecular weight excluding hydrogens is 330 g/mol. The predicted molar refractivity (Wildman–Crippen MR) is 99.0 cm³/mol. The molecular formula is C20H17N3O3. The van der Waals surface area contributed by atoms with Gasteiger partial charge in [-0.25, -0.2) is 4.98 Å². The summed E-state index contributed by atoms with van der Waals surface area (Å²) in [5.74, 6) is 0.435. The van der Waals surface area contributed by atoms with Gasteiger partial charge in [0, 0.05) is 36.8 Å². The summed E-state index contributed by atoms with van der Waals surface area (Å²) in [6, 6.07) is 13.3. The molecule has 0 radical (unpaired) electrons. The van der Waals surface area contributed by atoms with E-state index in [4.69, 9.17) is 9.15 Å². The summed E-state index contributed by atoms with van der Waals surface area (Å²) < 4.78 is 10.9. The van der Waals surface area contributed by atoms with Gasteiger partial charge >= 0.3 is 0 Å². The van der Waals surface area contributed by atoms with Crippen molar-refractivity contribution in [3.8, 4) is 11.3 Å². The number of nitrogens with zero attached hydrogens (tertiary/aromatic N) is 2. The maximum absolute atomic E-state index is 12.3. The van der Waals surface area contributed by atoms with E-state index in [-0.39, 0.29) is 5.91 Å². The van der Waals surface area contributed by atoms with Crippen molar-refractivity contribution in [2.75, 3.05) is 20.3 Å². The number of furan rings is 1. The van der Waals surface area contributed by atoms with Crippen LogP contribution in [-0.4, -0.2) is 36.1 Å². The Hall–Kier alpha value is -3.25. The minimum atomic E-state index is -0.240. The predicted octanol–water partition coefficient (Wildman–Crippen LogP) is 3.42. The topological polar surface area (TPSA) is 77.2 Å². The minimum absolute atomic E-state index is 0.240. The first-order valence-corrected chi connectivity index (χ1v) is 8.27. The third-order valence-corrected chi connectivity index (χ3v) is 4.11. The fourth-order valence-electron chi connectivity index (χ4n) is 2.82. The summed E-state index contributed by atoms with van der Waals surface area (Å²) in [7, 11) is 1.59. The Morgan fingerprint density at radius 3 is 2.88 bits per heavy atom. The molecule has 0 saturated carbocycles. The summed E-state index contributed by atoms with van der Waals surface area (Å²) in [6.07, 6.45) is 3.43. The molecule has 0 atom stereocenters. The lowest BCUT2D eigenvalue weighted by atomic mass is 10.1. The molecule has 6 heteroatoms. The highest BCUT2D eigenvalue weighted by atomic mass is 16.5. The van der Waals surface area contributed by atoms with Gasteiger partial charge in [0.25, 0.3) is 5.91 Å². The van der Waals surface area contributed by atoms with Gasteiger partial charge in [-0.15, -0.1) is 0 Å². The number of para-hydroxylation sites is 1. The second-order valence-corrected chi connectivity index (χ2v) is 5.85. The maximum Gasteiger partial charge on any atom is 0.269 e. The van der Waals surface area contributed by atoms with Crippen molar-refractivity contribution in [3.63, 3.8) is 0 Å². The molecule has 0 fully saturated rings. The van der Waals surface area contributed by atoms with Gasteiger partial charge < -0.3 is 14.5 Å². The van der Waals surface area contributed by atoms with E-state index in [1.54, 1.807) is 25.6 Å². The molecule has 0 aliphatic heterocycles. The van der Waals surface area contributed by atoms with E-state index in [2.05, 4.69) is 15.3 Å². The van der Waals surface area contributed by atoms with E-state index >= 15 is 0 Å². The number of carbonyl (C=O) groups excluding carboxylic acids is 1. The van der Waals surface area contributed by atoms with E-state index in [0.717, 1.165) is 21.9 Å². The highest BCUT2D eigenvalue weighted by molar-refractivity contribution is 5.98. The van der Waals surface area contributed by atoms with Gasteiger partial charge in [-0.2, -0.15) is 0 Å². The van der Waals surface area contributed by atoms with Crippen molar-refractivity contribution >= 4 is 27.8 Å². The summed E-state index contributed by atoms with van der Waals surface area (Å²) in [5, 5.41) is 4.63. The number of methoxy groups -OCH3 is 1. The number of amides is 1. The lowest BCUT2D eigenvalue weighted by Gasteiger charge is -2.07. The quantitative estimate of drug-likeness (QED) is 0.560. The van der Waals surface area contributed by atoms with Crippen molar-refractivity contribution in [1.82, 2.24) is 15.3 Å². The molecule has 1 amide bonds. The molecule has 0 aliphatic rings. The van der Waals surface area contributed by atoms with Crippen LogP contribution in [0, 0.1) is 0 Å². The number of rotatable bonds is 5. The second kappa shape index (κ2) is 6.93. The molecule has 3 heterocycles. The van der Waals surface area contributed by atoms with Crippen LogP contribution in [-0.2, 0) is 4.74 Å². The number of carbonyl (C=O) groups is 1. The molecule has 3 aromatic heterocycles. The zero-order valence-corrected chi connectivity index (χ0v) is 14.2. The Bertz CT molecular complexity index is 1060. The van der Waals surface area contributed by atoms with Crippen LogP contribution >= 0.6 is 0 Å². The van der Waals surface area contributed by atoms with Crippen molar-refractivity contribution in [2.24, 2.45) is 0 Å². The summed E-state index contributed by atoms with van der Waals surface area (Å²) in [6.45, 7) is 0.884. The fraction of sp³-hybridized carbons (Fsp3) is 0.150. The number of hydrogen-bond acceptors (Lipinski definition) is 5. The normalized spacial score (nSPS) is 11.1. The van der Waals surface area contributed by atoms with E-state index < -0.39 is 0 Å². The summed E-state index contributed by atoms with van der Waals surface area (Å²) >= 11 is 0. The van der Waals surface area contributed by atoms with Gasteiger partial charge in [-0.3, -0.25) is 9.78 Å². The maximum atomic E-state index is 12.3. The van der Waals surface area contributed by atoms with Crippen LogP contribution in [0.15, 0.2) is 59.3 Å². The monoisotopic (exact) mass is 347 g/mol. The highest BCUT2D eigenvalue weighted by Gasteiger charge is 2.14. The molecule has 0 bridgehead atoms. The molecule has 0 unspecified atom stereocenters. The Morgan fingerprint density at radius 1 is 1.15 bits per heavy atom. The molecule has 26 heavy (non-hydrogen) atoms. The average Bonchev–Trinajstić information content (AvgIpc) is 3.11. The first-order valence-electron chi connectivity index (χ1n) is 8.27. The smallest absolute Gasteiger partial charge is 0.269 e. The minimum Gasteiger partial charge on any atom is -0.456 e. The van der Waals surface area contributed by atoms with Gasteiger partial charge in [-0.05, 0) is 24.3 Å². The van der Waals surface area contributed by atoms with Crippen molar-refractivity contribution in [2.45, 2.75) is 0 Å². The lowest BCUT2D eigenvalue weighted by Crippen LogP contribution is -2.27. The molecule has 4 rings (SSSR count). The van der Waals surface area contributed by atoms with E-state index in [1.165, 1.54) is 0 Å². The molecule has 4 aromatic rings. The van der Waals surface area contributed by atoms with Crippen LogP contribution in [0.2, 0.25) is 0 Å². The Balaban J connectivity index is 1.77. The average molecular weight is 347 g/mol. The van der Waals surface area contributed by atoms with Crippen LogP contribution in [0.1, 0.15) is 10.5 Å². The SMILES string of the molecule is COCCNC(=O)c1ccc2cncc(-c3cc4ccccc4o3)c2n1. The largest absolute Gasteiger partial charge is 0.456 e. The van der Waals surface area contributed by atoms with E-state index in [9.17, 15) is 4.79 Å². The van der Waals surface area contributed by atoms with Crippen molar-refractivity contribution in [1.29, 1.82) is 0 Å². The molecule has 1 N–H and O–H groups in total. The molecule has 130 valence electrons. The summed E-state index contributed by atoms with van der Waals surface area (Å²) in [4.78, 5) is 21.1. The van der Waals surface area contributed by atoms with Gasteiger partial charge in [0.05, 0.1) is 17.7 Å². The lowest BCUT2D eigenvalue weighted by molar-refractivity contribution is 0.0932. The van der Waals surface area contributed by atoms with Gasteiger partial charge in [0.15, 0.2) is 0 Å². The second-order valence-electron chi connectivity index (χ2n) is 5.85. The number of benzene rings is 1. The number of ether oxygens (including phenoxy) is 1. The van der Waals surface area contributed by atoms with Crippen LogP contribution in [0.3, 0.4) is 0 Å². The number of fused-ring (bicyclic) bond motifs is 2. The summed E-state index contributed by atoms with van der Waals surface area (Å²) in [5.41, 5.74) is 2.58. The van der Waals surface area contributed by atoms with Gasteiger partial charge in [0.1, 0.15) is 17.0 Å². The standard InChI is InChI=1S/C20H17N3O3/c1-25-9-8-22-20(24)16-7-6-14-11-21-12-15(19(14)23-16)18-10-13-4-2-3-5-17(13)26-18/h2-7,10-12H,8-9H2,1H3,(H,22,24). The third kappa shape index (κ3) is 3.02. The highest BCUT2D eigenvalue weighted by Crippen LogP contribution is 2.31. The molecule has 1 aromatic carbocycles. The third-order valence-electron chi connectivity index (χ3n) is 4.11. The fourth-order valence-corrected chi connectivity index (χ4v) is 2.82. The first kappa shape index (κ1) is 16.2. The Morgan fingerprint density at radius 2 is 2.04 bits per heavy atom. The Kier molecular flexibility index (Phi) is 4.33. The first-order chi connectivity index (χ1) is 12.8. The van der Waals surface area contributed by atoms with Crippen LogP contribution < -0.4 is 5.32 Å². The zero-order chi connectivity index (χ0) is 17.9. The zero-order valence-electron chi connectivity index (χ0n) is 14.2. The Labute approximate surface area is 149 Å². The van der Waals surface area contributed by atoms with Crippen LogP contribution in [0.4, 0.5) is 0 Å². The van der Waals surface area contributed by atoms with Crippen molar-refractivity contribution in [3.05, 3.63) is 60.6 Å². The number of nitrogens with one attached hydrogen (secondary N) is 1. The number of pyridine rings is 2. The van der Waals surface area contributed by atoms with Gasteiger partial charge in [-0.1, -0.05) is 18.2 Å². The molecule has 0 aliphatic carbocycles. The number of hydrogen-bond donors (Lipinski definition) is 1.